The number of aromatic nitrogens is 1. The number of benzene rings is 1. The molecule has 1 atom stereocenters. The number of nitrogens with zero attached hydrogens (tertiary/aromatic N) is 1. The molecule has 0 aliphatic carbocycles. The van der Waals surface area contributed by atoms with E-state index in [9.17, 15) is 13.5 Å². The molecule has 0 saturated heterocycles. The maximum atomic E-state index is 12.1. The highest BCUT2D eigenvalue weighted by Gasteiger charge is 2.40. The Labute approximate surface area is 123 Å². The Morgan fingerprint density at radius 3 is 2.81 bits per heavy atom. The van der Waals surface area contributed by atoms with Crippen LogP contribution in [0.2, 0.25) is 0 Å². The van der Waals surface area contributed by atoms with Crippen LogP contribution < -0.4 is 5.73 Å². The highest BCUT2D eigenvalue weighted by atomic mass is 32.2. The summed E-state index contributed by atoms with van der Waals surface area (Å²) in [5, 5.41) is 11.0. The van der Waals surface area contributed by atoms with Gasteiger partial charge in [0.1, 0.15) is 0 Å². The Kier molecular flexibility index (Phi) is 3.22. The van der Waals surface area contributed by atoms with Gasteiger partial charge in [0.2, 0.25) is 0 Å². The van der Waals surface area contributed by atoms with Gasteiger partial charge >= 0.3 is 0 Å². The van der Waals surface area contributed by atoms with Crippen LogP contribution >= 0.6 is 0 Å². The predicted molar refractivity (Wildman–Crippen MR) is 79.4 cm³/mol. The molecule has 6 heteroatoms. The van der Waals surface area contributed by atoms with E-state index in [0.717, 1.165) is 0 Å². The average molecular weight is 304 g/mol. The fraction of sp³-hybridized carbons (Fsp3) is 0.267. The molecule has 0 saturated carbocycles. The van der Waals surface area contributed by atoms with Gasteiger partial charge in [-0.1, -0.05) is 18.2 Å². The van der Waals surface area contributed by atoms with E-state index in [1.807, 2.05) is 0 Å². The van der Waals surface area contributed by atoms with Crippen molar-refractivity contribution in [3.63, 3.8) is 0 Å². The molecule has 1 aromatic heterocycles. The number of nitrogens with two attached hydrogens (primary N) is 1. The SMILES string of the molecule is Nc1ccncc1CC1(O)CCS(=O)(=O)c2ccccc21. The minimum Gasteiger partial charge on any atom is -0.398 e. The second-order valence-corrected chi connectivity index (χ2v) is 7.43. The summed E-state index contributed by atoms with van der Waals surface area (Å²) in [7, 11) is -3.32. The number of nitrogen functional groups attached to an aromatic ring is 1. The summed E-state index contributed by atoms with van der Waals surface area (Å²) in [4.78, 5) is 4.23. The minimum absolute atomic E-state index is 0.0688. The second-order valence-electron chi connectivity index (χ2n) is 5.35. The number of aliphatic hydroxyl groups is 1. The zero-order valence-corrected chi connectivity index (χ0v) is 12.2. The molecule has 0 amide bonds. The van der Waals surface area contributed by atoms with Crippen LogP contribution in [0.1, 0.15) is 17.5 Å². The molecule has 1 aromatic carbocycles. The molecule has 2 heterocycles. The van der Waals surface area contributed by atoms with Gasteiger partial charge in [-0.05, 0) is 24.1 Å². The van der Waals surface area contributed by atoms with Crippen molar-refractivity contribution in [2.24, 2.45) is 0 Å². The molecule has 3 N–H and O–H groups in total. The highest BCUT2D eigenvalue weighted by Crippen LogP contribution is 2.39. The van der Waals surface area contributed by atoms with Crippen LogP contribution in [-0.4, -0.2) is 24.3 Å². The molecule has 0 radical (unpaired) electrons. The third-order valence-corrected chi connectivity index (χ3v) is 5.70. The molecule has 2 aromatic rings. The molecule has 1 aliphatic heterocycles. The van der Waals surface area contributed by atoms with Gasteiger partial charge in [0, 0.05) is 30.1 Å². The quantitative estimate of drug-likeness (QED) is 0.871. The smallest absolute Gasteiger partial charge is 0.178 e. The Morgan fingerprint density at radius 1 is 1.29 bits per heavy atom. The fourth-order valence-corrected chi connectivity index (χ4v) is 4.46. The van der Waals surface area contributed by atoms with Gasteiger partial charge in [-0.3, -0.25) is 4.98 Å². The first-order valence-corrected chi connectivity index (χ1v) is 8.31. The summed E-state index contributed by atoms with van der Waals surface area (Å²) in [6.07, 6.45) is 3.60. The van der Waals surface area contributed by atoms with E-state index in [2.05, 4.69) is 4.98 Å². The molecular weight excluding hydrogens is 288 g/mol. The van der Waals surface area contributed by atoms with E-state index in [1.165, 1.54) is 0 Å². The Morgan fingerprint density at radius 2 is 2.05 bits per heavy atom. The average Bonchev–Trinajstić information content (AvgIpc) is 2.47. The van der Waals surface area contributed by atoms with Gasteiger partial charge in [-0.2, -0.15) is 0 Å². The van der Waals surface area contributed by atoms with Crippen molar-refractivity contribution >= 4 is 15.5 Å². The lowest BCUT2D eigenvalue weighted by atomic mass is 9.84. The lowest BCUT2D eigenvalue weighted by molar-refractivity contribution is 0.0284. The van der Waals surface area contributed by atoms with E-state index in [4.69, 9.17) is 5.73 Å². The van der Waals surface area contributed by atoms with Crippen molar-refractivity contribution in [3.05, 3.63) is 53.9 Å². The molecule has 3 rings (SSSR count). The van der Waals surface area contributed by atoms with Crippen LogP contribution in [0.5, 0.6) is 0 Å². The van der Waals surface area contributed by atoms with Gasteiger partial charge in [-0.15, -0.1) is 0 Å². The summed E-state index contributed by atoms with van der Waals surface area (Å²) >= 11 is 0. The molecule has 1 unspecified atom stereocenters. The monoisotopic (exact) mass is 304 g/mol. The summed E-state index contributed by atoms with van der Waals surface area (Å²) in [6.45, 7) is 0. The Bertz CT molecular complexity index is 789. The van der Waals surface area contributed by atoms with Crippen molar-refractivity contribution < 1.29 is 13.5 Å². The van der Waals surface area contributed by atoms with Crippen LogP contribution in [0.3, 0.4) is 0 Å². The second kappa shape index (κ2) is 4.82. The standard InChI is InChI=1S/C15H16N2O3S/c16-13-5-7-17-10-11(13)9-15(18)6-8-21(19,20)14-4-2-1-3-12(14)15/h1-5,7,10,18H,6,8-9H2,(H2,16,17). The number of fused-ring (bicyclic) bond motifs is 1. The third-order valence-electron chi connectivity index (χ3n) is 3.93. The van der Waals surface area contributed by atoms with Crippen LogP contribution in [0.25, 0.3) is 0 Å². The van der Waals surface area contributed by atoms with E-state index in [-0.39, 0.29) is 23.5 Å². The number of hydrogen-bond donors (Lipinski definition) is 2. The lowest BCUT2D eigenvalue weighted by Gasteiger charge is -2.34. The van der Waals surface area contributed by atoms with Crippen molar-refractivity contribution in [1.29, 1.82) is 0 Å². The Balaban J connectivity index is 2.09. The third kappa shape index (κ3) is 2.41. The van der Waals surface area contributed by atoms with Crippen molar-refractivity contribution in [2.75, 3.05) is 11.5 Å². The minimum atomic E-state index is -3.32. The number of hydrogen-bond acceptors (Lipinski definition) is 5. The summed E-state index contributed by atoms with van der Waals surface area (Å²) in [6, 6.07) is 8.28. The van der Waals surface area contributed by atoms with E-state index in [1.54, 1.807) is 42.7 Å². The first-order chi connectivity index (χ1) is 9.92. The van der Waals surface area contributed by atoms with Crippen molar-refractivity contribution in [3.8, 4) is 0 Å². The maximum absolute atomic E-state index is 12.1. The van der Waals surface area contributed by atoms with Crippen molar-refractivity contribution in [2.45, 2.75) is 23.3 Å². The van der Waals surface area contributed by atoms with Gasteiger partial charge in [0.05, 0.1) is 16.2 Å². The van der Waals surface area contributed by atoms with Crippen LogP contribution in [0.4, 0.5) is 5.69 Å². The first kappa shape index (κ1) is 14.0. The van der Waals surface area contributed by atoms with Gasteiger partial charge in [0.25, 0.3) is 0 Å². The number of pyridine rings is 1. The highest BCUT2D eigenvalue weighted by molar-refractivity contribution is 7.91. The molecule has 110 valence electrons. The summed E-state index contributed by atoms with van der Waals surface area (Å²) in [5.74, 6) is -0.0688. The molecule has 5 nitrogen and oxygen atoms in total. The van der Waals surface area contributed by atoms with Crippen LogP contribution in [0, 0.1) is 0 Å². The van der Waals surface area contributed by atoms with E-state index in [0.29, 0.717) is 16.8 Å². The number of rotatable bonds is 2. The topological polar surface area (TPSA) is 93.3 Å². The van der Waals surface area contributed by atoms with Crippen LogP contribution in [-0.2, 0) is 21.9 Å². The largest absolute Gasteiger partial charge is 0.398 e. The predicted octanol–water partition coefficient (Wildman–Crippen LogP) is 1.27. The normalized spacial score (nSPS) is 23.5. The molecule has 1 aliphatic rings. The molecule has 21 heavy (non-hydrogen) atoms. The number of anilines is 1. The van der Waals surface area contributed by atoms with E-state index >= 15 is 0 Å². The lowest BCUT2D eigenvalue weighted by Crippen LogP contribution is -2.37. The zero-order chi connectivity index (χ0) is 15.1. The summed E-state index contributed by atoms with van der Waals surface area (Å²) in [5.41, 5.74) is 6.37. The molecule has 0 fully saturated rings. The summed E-state index contributed by atoms with van der Waals surface area (Å²) < 4.78 is 24.3. The van der Waals surface area contributed by atoms with Gasteiger partial charge in [-0.25, -0.2) is 8.42 Å². The molecule has 0 spiro atoms. The first-order valence-electron chi connectivity index (χ1n) is 6.65. The number of sulfone groups is 1. The Hall–Kier alpha value is -1.92. The van der Waals surface area contributed by atoms with Crippen LogP contribution in [0.15, 0.2) is 47.6 Å². The fourth-order valence-electron chi connectivity index (χ4n) is 2.75. The van der Waals surface area contributed by atoms with E-state index < -0.39 is 15.4 Å². The van der Waals surface area contributed by atoms with Gasteiger partial charge < -0.3 is 10.8 Å². The molecule has 0 bridgehead atoms. The van der Waals surface area contributed by atoms with Gasteiger partial charge in [0.15, 0.2) is 9.84 Å². The maximum Gasteiger partial charge on any atom is 0.178 e. The molecular formula is C15H16N2O3S. The van der Waals surface area contributed by atoms with Crippen molar-refractivity contribution in [1.82, 2.24) is 4.98 Å². The zero-order valence-electron chi connectivity index (χ0n) is 11.4.